The van der Waals surface area contributed by atoms with Gasteiger partial charge < -0.3 is 9.73 Å². The Kier molecular flexibility index (Phi) is 8.16. The number of rotatable bonds is 11. The van der Waals surface area contributed by atoms with Crippen molar-refractivity contribution >= 4 is 5.91 Å². The molecule has 5 nitrogen and oxygen atoms in total. The van der Waals surface area contributed by atoms with E-state index in [-0.39, 0.29) is 5.91 Å². The number of amides is 1. The number of nitrogens with zero attached hydrogens (tertiary/aromatic N) is 2. The van der Waals surface area contributed by atoms with E-state index in [1.165, 1.54) is 5.56 Å². The summed E-state index contributed by atoms with van der Waals surface area (Å²) in [5.74, 6) is 1.78. The molecule has 2 aromatic rings. The largest absolute Gasteiger partial charge is 0.425 e. The van der Waals surface area contributed by atoms with Crippen molar-refractivity contribution in [3.63, 3.8) is 0 Å². The molecule has 5 heteroatoms. The van der Waals surface area contributed by atoms with Crippen LogP contribution in [0, 0.1) is 5.92 Å². The standard InChI is InChI=1S/C20H29N3O2/c1-3-16(2)15-21-18(24)13-14-20-23-22-19(25-20)12-8-7-11-17-9-5-4-6-10-17/h4-6,9-10,16H,3,7-8,11-15H2,1-2H3,(H,21,24)/t16-/m1/s1. The molecule has 0 spiro atoms. The molecule has 0 saturated heterocycles. The summed E-state index contributed by atoms with van der Waals surface area (Å²) in [7, 11) is 0. The van der Waals surface area contributed by atoms with Crippen molar-refractivity contribution < 1.29 is 9.21 Å². The van der Waals surface area contributed by atoms with Crippen molar-refractivity contribution in [1.82, 2.24) is 15.5 Å². The molecule has 1 amide bonds. The monoisotopic (exact) mass is 343 g/mol. The van der Waals surface area contributed by atoms with Gasteiger partial charge in [0.05, 0.1) is 0 Å². The number of nitrogens with one attached hydrogen (secondary N) is 1. The van der Waals surface area contributed by atoms with Crippen LogP contribution in [0.3, 0.4) is 0 Å². The van der Waals surface area contributed by atoms with Crippen molar-refractivity contribution in [3.8, 4) is 0 Å². The van der Waals surface area contributed by atoms with E-state index in [2.05, 4.69) is 53.6 Å². The van der Waals surface area contributed by atoms with E-state index < -0.39 is 0 Å². The Bertz CT molecular complexity index is 625. The lowest BCUT2D eigenvalue weighted by atomic mass is 10.1. The molecule has 2 rings (SSSR count). The minimum absolute atomic E-state index is 0.0444. The van der Waals surface area contributed by atoms with E-state index in [1.807, 2.05) is 6.07 Å². The number of carbonyl (C=O) groups excluding carboxylic acids is 1. The van der Waals surface area contributed by atoms with Crippen molar-refractivity contribution in [2.75, 3.05) is 6.54 Å². The van der Waals surface area contributed by atoms with Gasteiger partial charge in [0, 0.05) is 25.8 Å². The fourth-order valence-corrected chi connectivity index (χ4v) is 2.48. The van der Waals surface area contributed by atoms with Crippen molar-refractivity contribution in [2.45, 2.75) is 58.8 Å². The summed E-state index contributed by atoms with van der Waals surface area (Å²) in [6.45, 7) is 4.98. The number of hydrogen-bond acceptors (Lipinski definition) is 4. The lowest BCUT2D eigenvalue weighted by molar-refractivity contribution is -0.121. The zero-order valence-electron chi connectivity index (χ0n) is 15.3. The van der Waals surface area contributed by atoms with E-state index in [4.69, 9.17) is 4.42 Å². The first-order valence-electron chi connectivity index (χ1n) is 9.29. The smallest absolute Gasteiger partial charge is 0.220 e. The summed E-state index contributed by atoms with van der Waals surface area (Å²) in [5, 5.41) is 11.1. The maximum Gasteiger partial charge on any atom is 0.220 e. The van der Waals surface area contributed by atoms with Crippen molar-refractivity contribution in [2.24, 2.45) is 5.92 Å². The quantitative estimate of drug-likeness (QED) is 0.631. The fourth-order valence-electron chi connectivity index (χ4n) is 2.48. The molecule has 1 aromatic heterocycles. The minimum Gasteiger partial charge on any atom is -0.425 e. The maximum atomic E-state index is 11.8. The lowest BCUT2D eigenvalue weighted by Crippen LogP contribution is -2.28. The second-order valence-corrected chi connectivity index (χ2v) is 6.60. The molecule has 1 atom stereocenters. The SMILES string of the molecule is CC[C@@H](C)CNC(=O)CCc1nnc(CCCCc2ccccc2)o1. The van der Waals surface area contributed by atoms with Gasteiger partial charge in [-0.05, 0) is 30.7 Å². The third-order valence-electron chi connectivity index (χ3n) is 4.37. The van der Waals surface area contributed by atoms with Gasteiger partial charge in [-0.15, -0.1) is 10.2 Å². The second-order valence-electron chi connectivity index (χ2n) is 6.60. The Morgan fingerprint density at radius 1 is 1.08 bits per heavy atom. The number of unbranched alkanes of at least 4 members (excludes halogenated alkanes) is 1. The average Bonchev–Trinajstić information content (AvgIpc) is 3.10. The van der Waals surface area contributed by atoms with Gasteiger partial charge in [-0.3, -0.25) is 4.79 Å². The third-order valence-corrected chi connectivity index (χ3v) is 4.37. The van der Waals surface area contributed by atoms with Gasteiger partial charge >= 0.3 is 0 Å². The Labute approximate surface area is 150 Å². The molecule has 25 heavy (non-hydrogen) atoms. The van der Waals surface area contributed by atoms with Crippen LogP contribution in [-0.2, 0) is 24.1 Å². The van der Waals surface area contributed by atoms with Crippen LogP contribution in [0.1, 0.15) is 56.9 Å². The highest BCUT2D eigenvalue weighted by Crippen LogP contribution is 2.09. The first-order valence-corrected chi connectivity index (χ1v) is 9.29. The number of benzene rings is 1. The van der Waals surface area contributed by atoms with Gasteiger partial charge in [0.25, 0.3) is 0 Å². The first kappa shape index (κ1) is 19.2. The number of aryl methyl sites for hydroxylation is 3. The summed E-state index contributed by atoms with van der Waals surface area (Å²) >= 11 is 0. The normalized spacial score (nSPS) is 12.1. The Morgan fingerprint density at radius 3 is 2.48 bits per heavy atom. The van der Waals surface area contributed by atoms with E-state index in [0.29, 0.717) is 30.5 Å². The summed E-state index contributed by atoms with van der Waals surface area (Å²) in [6, 6.07) is 10.5. The summed E-state index contributed by atoms with van der Waals surface area (Å²) in [4.78, 5) is 11.8. The van der Waals surface area contributed by atoms with Gasteiger partial charge in [0.1, 0.15) is 0 Å². The zero-order chi connectivity index (χ0) is 17.9. The van der Waals surface area contributed by atoms with Gasteiger partial charge in [0.2, 0.25) is 17.7 Å². The molecule has 0 bridgehead atoms. The van der Waals surface area contributed by atoms with Crippen LogP contribution in [0.2, 0.25) is 0 Å². The minimum atomic E-state index is 0.0444. The van der Waals surface area contributed by atoms with Gasteiger partial charge in [-0.25, -0.2) is 0 Å². The molecular formula is C20H29N3O2. The summed E-state index contributed by atoms with van der Waals surface area (Å²) in [6.07, 6.45) is 5.94. The van der Waals surface area contributed by atoms with Crippen LogP contribution in [-0.4, -0.2) is 22.6 Å². The highest BCUT2D eigenvalue weighted by Gasteiger charge is 2.09. The molecule has 0 saturated carbocycles. The molecule has 0 aliphatic carbocycles. The first-order chi connectivity index (χ1) is 12.2. The van der Waals surface area contributed by atoms with E-state index >= 15 is 0 Å². The molecule has 0 aliphatic rings. The summed E-state index contributed by atoms with van der Waals surface area (Å²) < 4.78 is 5.63. The number of hydrogen-bond donors (Lipinski definition) is 1. The van der Waals surface area contributed by atoms with Gasteiger partial charge in [0.15, 0.2) is 0 Å². The molecule has 0 radical (unpaired) electrons. The predicted octanol–water partition coefficient (Wildman–Crippen LogP) is 3.73. The highest BCUT2D eigenvalue weighted by atomic mass is 16.4. The number of carbonyl (C=O) groups is 1. The predicted molar refractivity (Wildman–Crippen MR) is 98.2 cm³/mol. The maximum absolute atomic E-state index is 11.8. The molecule has 1 aromatic carbocycles. The molecular weight excluding hydrogens is 314 g/mol. The molecule has 136 valence electrons. The van der Waals surface area contributed by atoms with Crippen molar-refractivity contribution in [3.05, 3.63) is 47.7 Å². The second kappa shape index (κ2) is 10.6. The average molecular weight is 343 g/mol. The van der Waals surface area contributed by atoms with Crippen LogP contribution in [0.15, 0.2) is 34.7 Å². The van der Waals surface area contributed by atoms with E-state index in [1.54, 1.807) is 0 Å². The van der Waals surface area contributed by atoms with Crippen LogP contribution >= 0.6 is 0 Å². The number of aromatic nitrogens is 2. The highest BCUT2D eigenvalue weighted by molar-refractivity contribution is 5.75. The lowest BCUT2D eigenvalue weighted by Gasteiger charge is -2.09. The molecule has 1 N–H and O–H groups in total. The van der Waals surface area contributed by atoms with Crippen LogP contribution in [0.25, 0.3) is 0 Å². The van der Waals surface area contributed by atoms with E-state index in [0.717, 1.165) is 38.6 Å². The summed E-state index contributed by atoms with van der Waals surface area (Å²) in [5.41, 5.74) is 1.36. The Hall–Kier alpha value is -2.17. The van der Waals surface area contributed by atoms with Crippen LogP contribution in [0.4, 0.5) is 0 Å². The van der Waals surface area contributed by atoms with Crippen LogP contribution < -0.4 is 5.32 Å². The molecule has 1 heterocycles. The molecule has 0 unspecified atom stereocenters. The van der Waals surface area contributed by atoms with E-state index in [9.17, 15) is 4.79 Å². The van der Waals surface area contributed by atoms with Crippen LogP contribution in [0.5, 0.6) is 0 Å². The van der Waals surface area contributed by atoms with Crippen molar-refractivity contribution in [1.29, 1.82) is 0 Å². The Balaban J connectivity index is 1.62. The topological polar surface area (TPSA) is 68.0 Å². The third kappa shape index (κ3) is 7.50. The Morgan fingerprint density at radius 2 is 1.76 bits per heavy atom. The van der Waals surface area contributed by atoms with Gasteiger partial charge in [-0.2, -0.15) is 0 Å². The van der Waals surface area contributed by atoms with Gasteiger partial charge in [-0.1, -0.05) is 50.6 Å². The fraction of sp³-hybridized carbons (Fsp3) is 0.550. The molecule has 0 fully saturated rings. The zero-order valence-corrected chi connectivity index (χ0v) is 15.3. The molecule has 0 aliphatic heterocycles.